The maximum atomic E-state index is 12.7. The minimum absolute atomic E-state index is 0.0994. The first-order chi connectivity index (χ1) is 11.0. The van der Waals surface area contributed by atoms with Crippen molar-refractivity contribution in [2.75, 3.05) is 14.2 Å². The van der Waals surface area contributed by atoms with Crippen molar-refractivity contribution in [3.8, 4) is 11.5 Å². The highest BCUT2D eigenvalue weighted by Crippen LogP contribution is 2.37. The maximum Gasteiger partial charge on any atom is 0.196 e. The van der Waals surface area contributed by atoms with Crippen LogP contribution < -0.4 is 14.9 Å². The Labute approximate surface area is 132 Å². The maximum absolute atomic E-state index is 12.7. The molecule has 0 amide bonds. The van der Waals surface area contributed by atoms with Crippen molar-refractivity contribution in [1.82, 2.24) is 0 Å². The fraction of sp³-hybridized carbons (Fsp3) is 0.222. The molecule has 1 aromatic heterocycles. The van der Waals surface area contributed by atoms with Gasteiger partial charge in [0.15, 0.2) is 28.5 Å². The average molecular weight is 312 g/mol. The molecule has 3 aromatic rings. The van der Waals surface area contributed by atoms with Gasteiger partial charge in [-0.25, -0.2) is 0 Å². The molecular formula is C18H16O5. The highest BCUT2D eigenvalue weighted by molar-refractivity contribution is 6.09. The van der Waals surface area contributed by atoms with E-state index in [-0.39, 0.29) is 17.0 Å². The summed E-state index contributed by atoms with van der Waals surface area (Å²) in [5.41, 5.74) is 0.479. The number of hydrogen-bond acceptors (Lipinski definition) is 5. The summed E-state index contributed by atoms with van der Waals surface area (Å²) < 4.78 is 16.4. The minimum Gasteiger partial charge on any atom is -0.493 e. The molecule has 0 aliphatic heterocycles. The van der Waals surface area contributed by atoms with E-state index in [9.17, 15) is 9.59 Å². The van der Waals surface area contributed by atoms with Crippen molar-refractivity contribution in [2.24, 2.45) is 0 Å². The molecule has 0 aliphatic rings. The molecule has 118 valence electrons. The summed E-state index contributed by atoms with van der Waals surface area (Å²) in [6.07, 6.45) is 0. The Kier molecular flexibility index (Phi) is 3.56. The van der Waals surface area contributed by atoms with Gasteiger partial charge in [0.1, 0.15) is 5.58 Å². The van der Waals surface area contributed by atoms with Gasteiger partial charge in [-0.1, -0.05) is 0 Å². The zero-order chi connectivity index (χ0) is 16.7. The van der Waals surface area contributed by atoms with E-state index in [1.54, 1.807) is 45.4 Å². The summed E-state index contributed by atoms with van der Waals surface area (Å²) >= 11 is 0. The van der Waals surface area contributed by atoms with Gasteiger partial charge in [-0.05, 0) is 31.2 Å². The van der Waals surface area contributed by atoms with Gasteiger partial charge in [-0.3, -0.25) is 9.59 Å². The fourth-order valence-corrected chi connectivity index (χ4v) is 2.84. The first kappa shape index (κ1) is 15.1. The number of benzene rings is 2. The van der Waals surface area contributed by atoms with Gasteiger partial charge >= 0.3 is 0 Å². The molecule has 0 unspecified atom stereocenters. The van der Waals surface area contributed by atoms with Crippen molar-refractivity contribution in [3.05, 3.63) is 45.8 Å². The summed E-state index contributed by atoms with van der Waals surface area (Å²) in [5, 5.41) is 1.89. The lowest BCUT2D eigenvalue weighted by molar-refractivity contribution is 0.0987. The molecule has 23 heavy (non-hydrogen) atoms. The van der Waals surface area contributed by atoms with Crippen LogP contribution in [-0.4, -0.2) is 20.0 Å². The lowest BCUT2D eigenvalue weighted by Gasteiger charge is -2.12. The fourth-order valence-electron chi connectivity index (χ4n) is 2.84. The zero-order valence-corrected chi connectivity index (χ0v) is 13.4. The number of hydrogen-bond donors (Lipinski definition) is 0. The zero-order valence-electron chi connectivity index (χ0n) is 13.4. The number of fused-ring (bicyclic) bond motifs is 3. The normalized spacial score (nSPS) is 11.0. The van der Waals surface area contributed by atoms with E-state index in [1.165, 1.54) is 6.92 Å². The summed E-state index contributed by atoms with van der Waals surface area (Å²) in [5.74, 6) is 0.969. The van der Waals surface area contributed by atoms with Crippen molar-refractivity contribution in [3.63, 3.8) is 0 Å². The predicted octanol–water partition coefficient (Wildman–Crippen LogP) is 3.47. The molecule has 5 nitrogen and oxygen atoms in total. The first-order valence-electron chi connectivity index (χ1n) is 7.11. The Morgan fingerprint density at radius 3 is 2.35 bits per heavy atom. The molecule has 0 fully saturated rings. The molecule has 0 atom stereocenters. The SMILES string of the molecule is COc1ccc2c(ccc3oc(C(C)=O)c(C)c(=O)c32)c1OC. The van der Waals surface area contributed by atoms with E-state index in [1.807, 2.05) is 0 Å². The Hall–Kier alpha value is -2.82. The lowest BCUT2D eigenvalue weighted by atomic mass is 10.0. The molecule has 2 aromatic carbocycles. The lowest BCUT2D eigenvalue weighted by Crippen LogP contribution is -2.12. The van der Waals surface area contributed by atoms with E-state index in [2.05, 4.69) is 0 Å². The van der Waals surface area contributed by atoms with Crippen LogP contribution in [0.2, 0.25) is 0 Å². The number of carbonyl (C=O) groups excluding carboxylic acids is 1. The van der Waals surface area contributed by atoms with Gasteiger partial charge in [-0.15, -0.1) is 0 Å². The van der Waals surface area contributed by atoms with Gasteiger partial charge < -0.3 is 13.9 Å². The van der Waals surface area contributed by atoms with E-state index in [0.29, 0.717) is 33.4 Å². The molecule has 5 heteroatoms. The summed E-state index contributed by atoms with van der Waals surface area (Å²) in [7, 11) is 3.11. The van der Waals surface area contributed by atoms with Gasteiger partial charge in [0.2, 0.25) is 0 Å². The number of rotatable bonds is 3. The van der Waals surface area contributed by atoms with Crippen molar-refractivity contribution >= 4 is 27.5 Å². The summed E-state index contributed by atoms with van der Waals surface area (Å²) in [6, 6.07) is 7.01. The van der Waals surface area contributed by atoms with Gasteiger partial charge in [0.05, 0.1) is 19.6 Å². The van der Waals surface area contributed by atoms with Gasteiger partial charge in [0, 0.05) is 23.3 Å². The van der Waals surface area contributed by atoms with E-state index < -0.39 is 0 Å². The Bertz CT molecular complexity index is 998. The Morgan fingerprint density at radius 1 is 1.04 bits per heavy atom. The van der Waals surface area contributed by atoms with Crippen LogP contribution >= 0.6 is 0 Å². The van der Waals surface area contributed by atoms with Crippen LogP contribution in [-0.2, 0) is 0 Å². The minimum atomic E-state index is -0.270. The van der Waals surface area contributed by atoms with Gasteiger partial charge in [0.25, 0.3) is 0 Å². The van der Waals surface area contributed by atoms with E-state index >= 15 is 0 Å². The van der Waals surface area contributed by atoms with Crippen LogP contribution in [0.4, 0.5) is 0 Å². The van der Waals surface area contributed by atoms with Crippen LogP contribution in [0.25, 0.3) is 21.7 Å². The molecule has 0 saturated carbocycles. The Morgan fingerprint density at radius 2 is 1.74 bits per heavy atom. The standard InChI is InChI=1S/C18H16O5/c1-9-16(20)15-11-5-8-14(21-3)18(22-4)12(11)6-7-13(15)23-17(9)10(2)19/h5-8H,1-4H3. The molecular weight excluding hydrogens is 296 g/mol. The second kappa shape index (κ2) is 5.43. The van der Waals surface area contributed by atoms with Crippen LogP contribution in [0, 0.1) is 6.92 Å². The second-order valence-electron chi connectivity index (χ2n) is 5.28. The number of carbonyl (C=O) groups is 1. The third-order valence-corrected chi connectivity index (χ3v) is 3.94. The predicted molar refractivity (Wildman–Crippen MR) is 87.8 cm³/mol. The summed E-state index contributed by atoms with van der Waals surface area (Å²) in [4.78, 5) is 24.4. The van der Waals surface area contributed by atoms with Crippen molar-refractivity contribution in [2.45, 2.75) is 13.8 Å². The third-order valence-electron chi connectivity index (χ3n) is 3.94. The van der Waals surface area contributed by atoms with E-state index in [0.717, 1.165) is 5.39 Å². The molecule has 0 N–H and O–H groups in total. The number of ether oxygens (including phenoxy) is 2. The molecule has 0 aliphatic carbocycles. The highest BCUT2D eigenvalue weighted by atomic mass is 16.5. The van der Waals surface area contributed by atoms with Crippen LogP contribution in [0.5, 0.6) is 11.5 Å². The molecule has 3 rings (SSSR count). The largest absolute Gasteiger partial charge is 0.493 e. The average Bonchev–Trinajstić information content (AvgIpc) is 2.55. The van der Waals surface area contributed by atoms with Gasteiger partial charge in [-0.2, -0.15) is 0 Å². The van der Waals surface area contributed by atoms with Crippen LogP contribution in [0.3, 0.4) is 0 Å². The van der Waals surface area contributed by atoms with Crippen LogP contribution in [0.15, 0.2) is 33.5 Å². The molecule has 1 heterocycles. The molecule has 0 bridgehead atoms. The summed E-state index contributed by atoms with van der Waals surface area (Å²) in [6.45, 7) is 2.98. The second-order valence-corrected chi connectivity index (χ2v) is 5.28. The van der Waals surface area contributed by atoms with Crippen molar-refractivity contribution < 1.29 is 18.7 Å². The van der Waals surface area contributed by atoms with Crippen LogP contribution in [0.1, 0.15) is 23.0 Å². The highest BCUT2D eigenvalue weighted by Gasteiger charge is 2.18. The molecule has 0 spiro atoms. The number of ketones is 1. The van der Waals surface area contributed by atoms with Crippen molar-refractivity contribution in [1.29, 1.82) is 0 Å². The molecule has 0 saturated heterocycles. The quantitative estimate of drug-likeness (QED) is 0.547. The first-order valence-corrected chi connectivity index (χ1v) is 7.11. The monoisotopic (exact) mass is 312 g/mol. The topological polar surface area (TPSA) is 65.7 Å². The number of methoxy groups -OCH3 is 2. The third kappa shape index (κ3) is 2.16. The number of Topliss-reactive ketones (excluding diaryl/α,β-unsaturated/α-hetero) is 1. The van der Waals surface area contributed by atoms with E-state index in [4.69, 9.17) is 13.9 Å². The Balaban J connectivity index is 2.52. The smallest absolute Gasteiger partial charge is 0.196 e. The molecule has 0 radical (unpaired) electrons.